The molecule has 0 radical (unpaired) electrons. The van der Waals surface area contributed by atoms with Crippen LogP contribution in [0.3, 0.4) is 0 Å². The molecule has 0 aliphatic carbocycles. The van der Waals surface area contributed by atoms with Gasteiger partial charge in [-0.25, -0.2) is 0 Å². The molecule has 1 unspecified atom stereocenters. The number of piperazine rings is 1. The molecule has 20 heavy (non-hydrogen) atoms. The van der Waals surface area contributed by atoms with Crippen LogP contribution in [0.15, 0.2) is 0 Å². The van der Waals surface area contributed by atoms with Crippen molar-refractivity contribution in [3.8, 4) is 0 Å². The number of hydrogen-bond donors (Lipinski definition) is 1. The van der Waals surface area contributed by atoms with Crippen LogP contribution in [0.1, 0.15) is 33.1 Å². The monoisotopic (exact) mass is 283 g/mol. The van der Waals surface area contributed by atoms with E-state index in [2.05, 4.69) is 29.0 Å². The van der Waals surface area contributed by atoms with Crippen LogP contribution < -0.4 is 5.32 Å². The van der Waals surface area contributed by atoms with Crippen molar-refractivity contribution in [2.45, 2.75) is 33.1 Å². The van der Waals surface area contributed by atoms with Crippen molar-refractivity contribution in [1.82, 2.24) is 15.1 Å². The van der Waals surface area contributed by atoms with Gasteiger partial charge in [-0.15, -0.1) is 0 Å². The summed E-state index contributed by atoms with van der Waals surface area (Å²) in [6.07, 6.45) is 3.81. The van der Waals surface area contributed by atoms with Crippen molar-refractivity contribution in [3.63, 3.8) is 0 Å². The molecular formula is C16H33N3O. The van der Waals surface area contributed by atoms with Crippen LogP contribution in [0.2, 0.25) is 0 Å². The smallest absolute Gasteiger partial charge is 0.0546 e. The van der Waals surface area contributed by atoms with Gasteiger partial charge in [-0.3, -0.25) is 0 Å². The third-order valence-electron chi connectivity index (χ3n) is 4.72. The largest absolute Gasteiger partial charge is 0.381 e. The average molecular weight is 283 g/mol. The normalized spacial score (nSPS) is 29.7. The van der Waals surface area contributed by atoms with Crippen LogP contribution in [-0.2, 0) is 4.74 Å². The summed E-state index contributed by atoms with van der Waals surface area (Å²) in [5.41, 5.74) is 0.348. The molecule has 2 aliphatic rings. The molecule has 2 fully saturated rings. The van der Waals surface area contributed by atoms with E-state index in [0.717, 1.165) is 26.3 Å². The minimum atomic E-state index is 0.348. The SMILES string of the molecule is CCCN1CCN(CC2(CNCC)CCCOC2)CC1. The van der Waals surface area contributed by atoms with E-state index >= 15 is 0 Å². The highest BCUT2D eigenvalue weighted by atomic mass is 16.5. The molecule has 2 rings (SSSR count). The van der Waals surface area contributed by atoms with Gasteiger partial charge in [0.25, 0.3) is 0 Å². The Morgan fingerprint density at radius 2 is 1.85 bits per heavy atom. The molecule has 0 aromatic rings. The van der Waals surface area contributed by atoms with Crippen LogP contribution in [0, 0.1) is 5.41 Å². The maximum absolute atomic E-state index is 5.81. The fraction of sp³-hybridized carbons (Fsp3) is 1.00. The molecule has 2 aliphatic heterocycles. The van der Waals surface area contributed by atoms with Crippen LogP contribution in [0.4, 0.5) is 0 Å². The Kier molecular flexibility index (Phi) is 6.75. The lowest BCUT2D eigenvalue weighted by molar-refractivity contribution is -0.0325. The summed E-state index contributed by atoms with van der Waals surface area (Å²) < 4.78 is 5.81. The maximum Gasteiger partial charge on any atom is 0.0546 e. The Balaban J connectivity index is 1.82. The second kappa shape index (κ2) is 8.32. The van der Waals surface area contributed by atoms with Crippen LogP contribution in [0.25, 0.3) is 0 Å². The molecule has 0 saturated carbocycles. The zero-order chi connectivity index (χ0) is 14.3. The first kappa shape index (κ1) is 16.2. The maximum atomic E-state index is 5.81. The van der Waals surface area contributed by atoms with Gasteiger partial charge in [-0.1, -0.05) is 13.8 Å². The Morgan fingerprint density at radius 1 is 1.10 bits per heavy atom. The van der Waals surface area contributed by atoms with E-state index in [4.69, 9.17) is 4.74 Å². The van der Waals surface area contributed by atoms with Crippen LogP contribution in [0.5, 0.6) is 0 Å². The second-order valence-electron chi connectivity index (χ2n) is 6.55. The van der Waals surface area contributed by atoms with E-state index in [9.17, 15) is 0 Å². The van der Waals surface area contributed by atoms with Gasteiger partial charge in [-0.2, -0.15) is 0 Å². The summed E-state index contributed by atoms with van der Waals surface area (Å²) in [5.74, 6) is 0. The predicted octanol–water partition coefficient (Wildman–Crippen LogP) is 1.42. The number of hydrogen-bond acceptors (Lipinski definition) is 4. The van der Waals surface area contributed by atoms with Gasteiger partial charge < -0.3 is 19.9 Å². The summed E-state index contributed by atoms with van der Waals surface area (Å²) in [6.45, 7) is 16.0. The molecule has 4 nitrogen and oxygen atoms in total. The Hall–Kier alpha value is -0.160. The van der Waals surface area contributed by atoms with Gasteiger partial charge in [0.1, 0.15) is 0 Å². The molecule has 2 heterocycles. The lowest BCUT2D eigenvalue weighted by Gasteiger charge is -2.43. The lowest BCUT2D eigenvalue weighted by Crippen LogP contribution is -2.54. The molecule has 0 amide bonds. The quantitative estimate of drug-likeness (QED) is 0.765. The zero-order valence-corrected chi connectivity index (χ0v) is 13.5. The predicted molar refractivity (Wildman–Crippen MR) is 84.2 cm³/mol. The minimum Gasteiger partial charge on any atom is -0.381 e. The Labute approximate surface area is 124 Å². The number of rotatable bonds is 7. The molecular weight excluding hydrogens is 250 g/mol. The van der Waals surface area contributed by atoms with Crippen LogP contribution >= 0.6 is 0 Å². The van der Waals surface area contributed by atoms with Gasteiger partial charge in [0, 0.05) is 51.3 Å². The lowest BCUT2D eigenvalue weighted by atomic mass is 9.81. The Morgan fingerprint density at radius 3 is 2.45 bits per heavy atom. The van der Waals surface area contributed by atoms with E-state index in [1.807, 2.05) is 0 Å². The first-order valence-corrected chi connectivity index (χ1v) is 8.51. The fourth-order valence-corrected chi connectivity index (χ4v) is 3.58. The van der Waals surface area contributed by atoms with Crippen molar-refractivity contribution in [3.05, 3.63) is 0 Å². The van der Waals surface area contributed by atoms with Crippen molar-refractivity contribution in [2.75, 3.05) is 65.6 Å². The first-order chi connectivity index (χ1) is 9.78. The van der Waals surface area contributed by atoms with E-state index in [0.29, 0.717) is 5.41 Å². The number of nitrogens with zero attached hydrogens (tertiary/aromatic N) is 2. The van der Waals surface area contributed by atoms with Crippen LogP contribution in [-0.4, -0.2) is 75.4 Å². The zero-order valence-electron chi connectivity index (χ0n) is 13.5. The molecule has 4 heteroatoms. The number of nitrogens with one attached hydrogen (secondary N) is 1. The van der Waals surface area contributed by atoms with Gasteiger partial charge in [0.05, 0.1) is 6.61 Å². The fourth-order valence-electron chi connectivity index (χ4n) is 3.58. The van der Waals surface area contributed by atoms with Gasteiger partial charge in [-0.05, 0) is 32.4 Å². The highest BCUT2D eigenvalue weighted by molar-refractivity contribution is 4.88. The van der Waals surface area contributed by atoms with E-state index < -0.39 is 0 Å². The molecule has 0 aromatic heterocycles. The molecule has 0 aromatic carbocycles. The standard InChI is InChI=1S/C16H33N3O/c1-3-7-18-8-10-19(11-9-18)14-16(13-17-4-2)6-5-12-20-15-16/h17H,3-15H2,1-2H3. The summed E-state index contributed by atoms with van der Waals surface area (Å²) in [5, 5.41) is 3.56. The first-order valence-electron chi connectivity index (χ1n) is 8.51. The molecule has 2 saturated heterocycles. The topological polar surface area (TPSA) is 27.7 Å². The van der Waals surface area contributed by atoms with Gasteiger partial charge in [0.15, 0.2) is 0 Å². The minimum absolute atomic E-state index is 0.348. The molecule has 1 atom stereocenters. The highest BCUT2D eigenvalue weighted by Gasteiger charge is 2.35. The molecule has 0 bridgehead atoms. The third kappa shape index (κ3) is 4.69. The number of ether oxygens (including phenoxy) is 1. The van der Waals surface area contributed by atoms with Crippen molar-refractivity contribution in [1.29, 1.82) is 0 Å². The second-order valence-corrected chi connectivity index (χ2v) is 6.55. The molecule has 0 spiro atoms. The molecule has 1 N–H and O–H groups in total. The highest BCUT2D eigenvalue weighted by Crippen LogP contribution is 2.29. The van der Waals surface area contributed by atoms with E-state index in [1.54, 1.807) is 0 Å². The van der Waals surface area contributed by atoms with Crippen molar-refractivity contribution in [2.24, 2.45) is 5.41 Å². The summed E-state index contributed by atoms with van der Waals surface area (Å²) in [6, 6.07) is 0. The average Bonchev–Trinajstić information content (AvgIpc) is 2.49. The Bertz CT molecular complexity index is 258. The summed E-state index contributed by atoms with van der Waals surface area (Å²) in [4.78, 5) is 5.27. The molecule has 118 valence electrons. The summed E-state index contributed by atoms with van der Waals surface area (Å²) >= 11 is 0. The van der Waals surface area contributed by atoms with Crippen molar-refractivity contribution < 1.29 is 4.74 Å². The van der Waals surface area contributed by atoms with E-state index in [-0.39, 0.29) is 0 Å². The van der Waals surface area contributed by atoms with Crippen molar-refractivity contribution >= 4 is 0 Å². The van der Waals surface area contributed by atoms with Gasteiger partial charge in [0.2, 0.25) is 0 Å². The third-order valence-corrected chi connectivity index (χ3v) is 4.72. The van der Waals surface area contributed by atoms with Gasteiger partial charge >= 0.3 is 0 Å². The van der Waals surface area contributed by atoms with E-state index in [1.165, 1.54) is 58.5 Å². The summed E-state index contributed by atoms with van der Waals surface area (Å²) in [7, 11) is 0.